The quantitative estimate of drug-likeness (QED) is 0.792. The molecule has 1 aromatic heterocycles. The number of methoxy groups -OCH3 is 1. The molecule has 0 aromatic carbocycles. The molecule has 2 atom stereocenters. The minimum Gasteiger partial charge on any atom is -0.463 e. The van der Waals surface area contributed by atoms with Crippen LogP contribution in [0.3, 0.4) is 0 Å². The number of hydrogen-bond donors (Lipinski definition) is 2. The van der Waals surface area contributed by atoms with Crippen molar-refractivity contribution in [3.8, 4) is 0 Å². The number of ether oxygens (including phenoxy) is 1. The topological polar surface area (TPSA) is 97.6 Å². The molecule has 2 N–H and O–H groups in total. The number of esters is 1. The Hall–Kier alpha value is -1.38. The molecule has 1 saturated heterocycles. The van der Waals surface area contributed by atoms with Gasteiger partial charge in [0.15, 0.2) is 0 Å². The molecular formula is C13H20N2O5S. The van der Waals surface area contributed by atoms with Crippen LogP contribution >= 0.6 is 0 Å². The van der Waals surface area contributed by atoms with E-state index in [1.807, 2.05) is 6.92 Å². The number of sulfonamides is 1. The van der Waals surface area contributed by atoms with E-state index in [0.29, 0.717) is 0 Å². The summed E-state index contributed by atoms with van der Waals surface area (Å²) in [7, 11) is -2.51. The Morgan fingerprint density at radius 3 is 2.86 bits per heavy atom. The van der Waals surface area contributed by atoms with Crippen molar-refractivity contribution in [3.05, 3.63) is 17.6 Å². The maximum absolute atomic E-state index is 12.4. The smallest absolute Gasteiger partial charge is 0.373 e. The minimum atomic E-state index is -3.72. The van der Waals surface area contributed by atoms with E-state index in [9.17, 15) is 13.2 Å². The van der Waals surface area contributed by atoms with Crippen LogP contribution in [-0.4, -0.2) is 40.6 Å². The van der Waals surface area contributed by atoms with Gasteiger partial charge < -0.3 is 14.5 Å². The predicted molar refractivity (Wildman–Crippen MR) is 75.5 cm³/mol. The Labute approximate surface area is 124 Å². The van der Waals surface area contributed by atoms with Crippen LogP contribution in [0.25, 0.3) is 0 Å². The normalized spacial score (nSPS) is 23.0. The second kappa shape index (κ2) is 6.17. The molecule has 8 heteroatoms. The summed E-state index contributed by atoms with van der Waals surface area (Å²) in [6.45, 7) is 5.04. The van der Waals surface area contributed by atoms with Gasteiger partial charge in [-0.05, 0) is 32.4 Å². The SMILES string of the molecule is COC(=O)c1cc(S(=O)(=O)NC2CCNCC2C)c(C)o1. The highest BCUT2D eigenvalue weighted by Crippen LogP contribution is 2.22. The molecule has 0 radical (unpaired) electrons. The molecule has 1 aromatic rings. The van der Waals surface area contributed by atoms with Crippen molar-refractivity contribution in [1.82, 2.24) is 10.0 Å². The molecular weight excluding hydrogens is 296 g/mol. The maximum Gasteiger partial charge on any atom is 0.373 e. The Kier molecular flexibility index (Phi) is 4.70. The van der Waals surface area contributed by atoms with Gasteiger partial charge in [-0.3, -0.25) is 0 Å². The third-order valence-electron chi connectivity index (χ3n) is 3.64. The van der Waals surface area contributed by atoms with E-state index in [2.05, 4.69) is 14.8 Å². The van der Waals surface area contributed by atoms with Gasteiger partial charge in [0, 0.05) is 12.1 Å². The van der Waals surface area contributed by atoms with E-state index >= 15 is 0 Å². The van der Waals surface area contributed by atoms with Crippen molar-refractivity contribution in [2.75, 3.05) is 20.2 Å². The Morgan fingerprint density at radius 1 is 1.52 bits per heavy atom. The van der Waals surface area contributed by atoms with Crippen LogP contribution < -0.4 is 10.0 Å². The molecule has 1 fully saturated rings. The molecule has 0 spiro atoms. The summed E-state index contributed by atoms with van der Waals surface area (Å²) in [5.74, 6) is -0.450. The highest BCUT2D eigenvalue weighted by atomic mass is 32.2. The van der Waals surface area contributed by atoms with Crippen LogP contribution in [0.2, 0.25) is 0 Å². The van der Waals surface area contributed by atoms with E-state index in [-0.39, 0.29) is 28.4 Å². The van der Waals surface area contributed by atoms with Gasteiger partial charge in [0.25, 0.3) is 0 Å². The molecule has 21 heavy (non-hydrogen) atoms. The van der Waals surface area contributed by atoms with Crippen LogP contribution in [0, 0.1) is 12.8 Å². The summed E-state index contributed by atoms with van der Waals surface area (Å²) in [6, 6.07) is 1.07. The fraction of sp³-hybridized carbons (Fsp3) is 0.615. The van der Waals surface area contributed by atoms with E-state index in [1.54, 1.807) is 0 Å². The molecule has 7 nitrogen and oxygen atoms in total. The molecule has 2 rings (SSSR count). The Balaban J connectivity index is 2.23. The van der Waals surface area contributed by atoms with Gasteiger partial charge in [-0.15, -0.1) is 0 Å². The van der Waals surface area contributed by atoms with Crippen LogP contribution in [0.5, 0.6) is 0 Å². The monoisotopic (exact) mass is 316 g/mol. The van der Waals surface area contributed by atoms with Crippen molar-refractivity contribution >= 4 is 16.0 Å². The van der Waals surface area contributed by atoms with Crippen molar-refractivity contribution < 1.29 is 22.4 Å². The van der Waals surface area contributed by atoms with Crippen LogP contribution in [0.15, 0.2) is 15.4 Å². The van der Waals surface area contributed by atoms with Gasteiger partial charge in [0.2, 0.25) is 15.8 Å². The zero-order chi connectivity index (χ0) is 15.6. The first kappa shape index (κ1) is 16.0. The number of carbonyl (C=O) groups excluding carboxylic acids is 1. The fourth-order valence-corrected chi connectivity index (χ4v) is 3.94. The number of aryl methyl sites for hydroxylation is 1. The van der Waals surface area contributed by atoms with E-state index in [0.717, 1.165) is 19.5 Å². The Bertz CT molecular complexity index is 623. The first-order chi connectivity index (χ1) is 9.85. The van der Waals surface area contributed by atoms with Crippen LogP contribution in [0.1, 0.15) is 29.7 Å². The Morgan fingerprint density at radius 2 is 2.24 bits per heavy atom. The van der Waals surface area contributed by atoms with Crippen molar-refractivity contribution in [3.63, 3.8) is 0 Å². The lowest BCUT2D eigenvalue weighted by Gasteiger charge is -2.29. The molecule has 1 aliphatic heterocycles. The van der Waals surface area contributed by atoms with Crippen LogP contribution in [-0.2, 0) is 14.8 Å². The number of furan rings is 1. The molecule has 118 valence electrons. The largest absolute Gasteiger partial charge is 0.463 e. The molecule has 2 heterocycles. The summed E-state index contributed by atoms with van der Waals surface area (Å²) < 4.78 is 37.3. The molecule has 1 aliphatic rings. The zero-order valence-electron chi connectivity index (χ0n) is 12.3. The van der Waals surface area contributed by atoms with Gasteiger partial charge in [-0.1, -0.05) is 6.92 Å². The lowest BCUT2D eigenvalue weighted by atomic mass is 9.97. The highest BCUT2D eigenvalue weighted by Gasteiger charge is 2.30. The third kappa shape index (κ3) is 3.45. The molecule has 0 amide bonds. The summed E-state index contributed by atoms with van der Waals surface area (Å²) in [4.78, 5) is 11.4. The van der Waals surface area contributed by atoms with Gasteiger partial charge in [-0.25, -0.2) is 17.9 Å². The highest BCUT2D eigenvalue weighted by molar-refractivity contribution is 7.89. The van der Waals surface area contributed by atoms with Gasteiger partial charge in [0.1, 0.15) is 10.7 Å². The standard InChI is InChI=1S/C13H20N2O5S/c1-8-7-14-5-4-10(8)15-21(17,18)12-6-11(13(16)19-3)20-9(12)2/h6,8,10,14-15H,4-5,7H2,1-3H3. The summed E-state index contributed by atoms with van der Waals surface area (Å²) >= 11 is 0. The summed E-state index contributed by atoms with van der Waals surface area (Å²) in [5, 5.41) is 3.21. The van der Waals surface area contributed by atoms with Gasteiger partial charge in [-0.2, -0.15) is 0 Å². The molecule has 0 saturated carbocycles. The van der Waals surface area contributed by atoms with Gasteiger partial charge in [0.05, 0.1) is 7.11 Å². The lowest BCUT2D eigenvalue weighted by molar-refractivity contribution is 0.0563. The number of carbonyl (C=O) groups is 1. The number of rotatable bonds is 4. The van der Waals surface area contributed by atoms with E-state index < -0.39 is 16.0 Å². The van der Waals surface area contributed by atoms with Crippen molar-refractivity contribution in [2.45, 2.75) is 31.2 Å². The minimum absolute atomic E-state index is 0.0198. The van der Waals surface area contributed by atoms with Crippen molar-refractivity contribution in [2.24, 2.45) is 5.92 Å². The fourth-order valence-electron chi connectivity index (χ4n) is 2.39. The second-order valence-corrected chi connectivity index (χ2v) is 6.90. The number of hydrogen-bond acceptors (Lipinski definition) is 6. The predicted octanol–water partition coefficient (Wildman–Crippen LogP) is 0.651. The van der Waals surface area contributed by atoms with Gasteiger partial charge >= 0.3 is 5.97 Å². The zero-order valence-corrected chi connectivity index (χ0v) is 13.1. The lowest BCUT2D eigenvalue weighted by Crippen LogP contribution is -2.48. The molecule has 0 bridgehead atoms. The number of nitrogens with one attached hydrogen (secondary N) is 2. The average molecular weight is 316 g/mol. The second-order valence-electron chi connectivity index (χ2n) is 5.22. The summed E-state index contributed by atoms with van der Waals surface area (Å²) in [6.07, 6.45) is 0.723. The van der Waals surface area contributed by atoms with Crippen molar-refractivity contribution in [1.29, 1.82) is 0 Å². The van der Waals surface area contributed by atoms with E-state index in [1.165, 1.54) is 20.1 Å². The van der Waals surface area contributed by atoms with Crippen LogP contribution in [0.4, 0.5) is 0 Å². The first-order valence-corrected chi connectivity index (χ1v) is 8.25. The maximum atomic E-state index is 12.4. The summed E-state index contributed by atoms with van der Waals surface area (Å²) in [5.41, 5.74) is 0. The number of piperidine rings is 1. The van der Waals surface area contributed by atoms with E-state index in [4.69, 9.17) is 4.42 Å². The average Bonchev–Trinajstić information content (AvgIpc) is 2.83. The first-order valence-electron chi connectivity index (χ1n) is 6.77. The molecule has 2 unspecified atom stereocenters. The molecule has 0 aliphatic carbocycles. The third-order valence-corrected chi connectivity index (χ3v) is 5.24.